The van der Waals surface area contributed by atoms with Crippen LogP contribution in [0, 0.1) is 6.92 Å². The van der Waals surface area contributed by atoms with Crippen LogP contribution in [0.4, 0.5) is 5.69 Å². The first-order valence-electron chi connectivity index (χ1n) is 10.2. The van der Waals surface area contributed by atoms with Gasteiger partial charge in [-0.3, -0.25) is 9.59 Å². The molecule has 8 nitrogen and oxygen atoms in total. The minimum Gasteiger partial charge on any atom is -0.494 e. The average molecular weight is 430 g/mol. The van der Waals surface area contributed by atoms with Gasteiger partial charge < -0.3 is 19.1 Å². The summed E-state index contributed by atoms with van der Waals surface area (Å²) in [5.74, 6) is 0.883. The van der Waals surface area contributed by atoms with Gasteiger partial charge in [-0.2, -0.15) is 4.98 Å². The monoisotopic (exact) mass is 430 g/mol. The summed E-state index contributed by atoms with van der Waals surface area (Å²) in [7, 11) is 0. The number of hydrogen-bond acceptors (Lipinski definition) is 6. The van der Waals surface area contributed by atoms with Gasteiger partial charge in [-0.1, -0.05) is 35.0 Å². The lowest BCUT2D eigenvalue weighted by molar-refractivity contribution is -0.116. The van der Waals surface area contributed by atoms with Crippen molar-refractivity contribution in [1.82, 2.24) is 14.7 Å². The third-order valence-electron chi connectivity index (χ3n) is 4.75. The number of nitrogens with one attached hydrogen (secondary N) is 1. The summed E-state index contributed by atoms with van der Waals surface area (Å²) in [5.41, 5.74) is 2.35. The van der Waals surface area contributed by atoms with E-state index in [4.69, 9.17) is 9.26 Å². The first-order chi connectivity index (χ1) is 15.5. The first-order valence-corrected chi connectivity index (χ1v) is 10.2. The Bertz CT molecular complexity index is 1270. The first kappa shape index (κ1) is 21.0. The van der Waals surface area contributed by atoms with Gasteiger partial charge in [0.15, 0.2) is 0 Å². The number of anilines is 1. The van der Waals surface area contributed by atoms with Crippen LogP contribution in [0.2, 0.25) is 0 Å². The molecule has 0 saturated carbocycles. The van der Waals surface area contributed by atoms with Crippen LogP contribution in [0.15, 0.2) is 76.2 Å². The van der Waals surface area contributed by atoms with E-state index in [1.165, 1.54) is 4.57 Å². The lowest BCUT2D eigenvalue weighted by atomic mass is 10.1. The molecule has 4 aromatic rings. The van der Waals surface area contributed by atoms with Gasteiger partial charge in [-0.05, 0) is 50.2 Å². The fraction of sp³-hybridized carbons (Fsp3) is 0.167. The predicted molar refractivity (Wildman–Crippen MR) is 120 cm³/mol. The zero-order valence-corrected chi connectivity index (χ0v) is 17.7. The molecule has 1 N–H and O–H groups in total. The number of nitrogens with zero attached hydrogens (tertiary/aromatic N) is 3. The van der Waals surface area contributed by atoms with Crippen LogP contribution in [0.3, 0.4) is 0 Å². The summed E-state index contributed by atoms with van der Waals surface area (Å²) < 4.78 is 12.0. The number of pyridine rings is 1. The summed E-state index contributed by atoms with van der Waals surface area (Å²) >= 11 is 0. The van der Waals surface area contributed by atoms with Crippen molar-refractivity contribution < 1.29 is 14.1 Å². The molecule has 0 bridgehead atoms. The van der Waals surface area contributed by atoms with E-state index < -0.39 is 5.56 Å². The molecule has 0 aliphatic heterocycles. The SMILES string of the molecule is CCOc1ccc(NC(=O)Cn2cccc(-c3nc(-c4ccc(C)cc4)no3)c2=O)cc1. The average Bonchev–Trinajstić information content (AvgIpc) is 3.27. The maximum atomic E-state index is 12.9. The minimum absolute atomic E-state index is 0.104. The molecule has 0 spiro atoms. The number of aryl methyl sites for hydroxylation is 1. The van der Waals surface area contributed by atoms with Crippen LogP contribution in [-0.4, -0.2) is 27.2 Å². The highest BCUT2D eigenvalue weighted by atomic mass is 16.5. The fourth-order valence-corrected chi connectivity index (χ4v) is 3.13. The lowest BCUT2D eigenvalue weighted by Crippen LogP contribution is -2.28. The summed E-state index contributed by atoms with van der Waals surface area (Å²) in [6, 6.07) is 18.0. The second-order valence-corrected chi connectivity index (χ2v) is 7.15. The molecule has 32 heavy (non-hydrogen) atoms. The van der Waals surface area contributed by atoms with E-state index in [0.29, 0.717) is 18.1 Å². The van der Waals surface area contributed by atoms with Gasteiger partial charge in [-0.25, -0.2) is 0 Å². The highest BCUT2D eigenvalue weighted by molar-refractivity contribution is 5.90. The summed E-state index contributed by atoms with van der Waals surface area (Å²) in [6.07, 6.45) is 1.54. The molecule has 0 unspecified atom stereocenters. The number of aromatic nitrogens is 3. The van der Waals surface area contributed by atoms with Crippen LogP contribution in [-0.2, 0) is 11.3 Å². The third-order valence-corrected chi connectivity index (χ3v) is 4.75. The van der Waals surface area contributed by atoms with E-state index in [9.17, 15) is 9.59 Å². The highest BCUT2D eigenvalue weighted by Crippen LogP contribution is 2.20. The molecule has 162 valence electrons. The van der Waals surface area contributed by atoms with E-state index in [-0.39, 0.29) is 23.9 Å². The van der Waals surface area contributed by atoms with Crippen LogP contribution in [0.1, 0.15) is 12.5 Å². The van der Waals surface area contributed by atoms with Crippen LogP contribution in [0.25, 0.3) is 22.8 Å². The molecular weight excluding hydrogens is 408 g/mol. The van der Waals surface area contributed by atoms with Crippen molar-refractivity contribution in [3.8, 4) is 28.6 Å². The van der Waals surface area contributed by atoms with Crippen molar-refractivity contribution in [3.05, 3.63) is 82.8 Å². The molecule has 0 aliphatic rings. The van der Waals surface area contributed by atoms with Crippen LogP contribution < -0.4 is 15.6 Å². The van der Waals surface area contributed by atoms with Crippen LogP contribution >= 0.6 is 0 Å². The number of carbonyl (C=O) groups excluding carboxylic acids is 1. The maximum Gasteiger partial charge on any atom is 0.263 e. The molecule has 2 aromatic heterocycles. The maximum absolute atomic E-state index is 12.9. The van der Waals surface area contributed by atoms with Gasteiger partial charge in [0.2, 0.25) is 11.7 Å². The molecule has 0 atom stereocenters. The number of benzene rings is 2. The molecule has 1 amide bonds. The Morgan fingerprint density at radius 2 is 1.84 bits per heavy atom. The van der Waals surface area contributed by atoms with E-state index in [0.717, 1.165) is 16.9 Å². The Labute approximate surface area is 184 Å². The van der Waals surface area contributed by atoms with Gasteiger partial charge in [-0.15, -0.1) is 0 Å². The van der Waals surface area contributed by atoms with Crippen molar-refractivity contribution in [2.45, 2.75) is 20.4 Å². The summed E-state index contributed by atoms with van der Waals surface area (Å²) in [4.78, 5) is 29.7. The van der Waals surface area contributed by atoms with E-state index in [1.54, 1.807) is 42.6 Å². The molecule has 4 rings (SSSR count). The molecule has 0 fully saturated rings. The van der Waals surface area contributed by atoms with Gasteiger partial charge >= 0.3 is 0 Å². The van der Waals surface area contributed by atoms with Crippen molar-refractivity contribution in [3.63, 3.8) is 0 Å². The van der Waals surface area contributed by atoms with E-state index >= 15 is 0 Å². The number of carbonyl (C=O) groups is 1. The quantitative estimate of drug-likeness (QED) is 0.477. The van der Waals surface area contributed by atoms with Crippen molar-refractivity contribution in [2.75, 3.05) is 11.9 Å². The molecular formula is C24H22N4O4. The summed E-state index contributed by atoms with van der Waals surface area (Å²) in [5, 5.41) is 6.75. The van der Waals surface area contributed by atoms with Crippen molar-refractivity contribution in [1.29, 1.82) is 0 Å². The van der Waals surface area contributed by atoms with Crippen molar-refractivity contribution >= 4 is 11.6 Å². The Morgan fingerprint density at radius 3 is 2.56 bits per heavy atom. The molecule has 0 aliphatic carbocycles. The summed E-state index contributed by atoms with van der Waals surface area (Å²) in [6.45, 7) is 4.30. The number of rotatable bonds is 7. The van der Waals surface area contributed by atoms with Gasteiger partial charge in [0.1, 0.15) is 17.9 Å². The fourth-order valence-electron chi connectivity index (χ4n) is 3.13. The zero-order valence-electron chi connectivity index (χ0n) is 17.7. The van der Waals surface area contributed by atoms with Crippen molar-refractivity contribution in [2.24, 2.45) is 0 Å². The van der Waals surface area contributed by atoms with E-state index in [1.807, 2.05) is 38.1 Å². The molecule has 2 aromatic carbocycles. The third kappa shape index (κ3) is 4.75. The van der Waals surface area contributed by atoms with Gasteiger partial charge in [0.25, 0.3) is 11.4 Å². The molecule has 8 heteroatoms. The number of amides is 1. The standard InChI is InChI=1S/C24H22N4O4/c1-3-31-19-12-10-18(11-13-19)25-21(29)15-28-14-4-5-20(24(28)30)23-26-22(27-32-23)17-8-6-16(2)7-9-17/h4-14H,3,15H2,1-2H3,(H,25,29). The largest absolute Gasteiger partial charge is 0.494 e. The topological polar surface area (TPSA) is 99.2 Å². The van der Waals surface area contributed by atoms with Gasteiger partial charge in [0, 0.05) is 17.4 Å². The Morgan fingerprint density at radius 1 is 1.09 bits per heavy atom. The lowest BCUT2D eigenvalue weighted by Gasteiger charge is -2.09. The van der Waals surface area contributed by atoms with Crippen LogP contribution in [0.5, 0.6) is 5.75 Å². The molecule has 2 heterocycles. The predicted octanol–water partition coefficient (Wildman–Crippen LogP) is 3.91. The second-order valence-electron chi connectivity index (χ2n) is 7.15. The minimum atomic E-state index is -0.395. The Hall–Kier alpha value is -4.20. The molecule has 0 radical (unpaired) electrons. The number of hydrogen-bond donors (Lipinski definition) is 1. The Kier molecular flexibility index (Phi) is 6.12. The Balaban J connectivity index is 1.49. The zero-order chi connectivity index (χ0) is 22.5. The van der Waals surface area contributed by atoms with E-state index in [2.05, 4.69) is 15.5 Å². The molecule has 0 saturated heterocycles. The number of ether oxygens (including phenoxy) is 1. The van der Waals surface area contributed by atoms with Gasteiger partial charge in [0.05, 0.1) is 6.61 Å². The highest BCUT2D eigenvalue weighted by Gasteiger charge is 2.16. The normalized spacial score (nSPS) is 10.7. The smallest absolute Gasteiger partial charge is 0.263 e. The second kappa shape index (κ2) is 9.30.